The number of benzene rings is 2. The number of halogens is 2. The third-order valence-electron chi connectivity index (χ3n) is 2.95. The summed E-state index contributed by atoms with van der Waals surface area (Å²) >= 11 is 5.84. The molecule has 0 bridgehead atoms. The van der Waals surface area contributed by atoms with Crippen molar-refractivity contribution in [3.63, 3.8) is 0 Å². The molecule has 21 heavy (non-hydrogen) atoms. The van der Waals surface area contributed by atoms with Crippen molar-refractivity contribution in [2.75, 3.05) is 10.5 Å². The zero-order chi connectivity index (χ0) is 15.8. The molecule has 0 aromatic heterocycles. The highest BCUT2D eigenvalue weighted by molar-refractivity contribution is 7.92. The summed E-state index contributed by atoms with van der Waals surface area (Å²) in [6.07, 6.45) is 0. The number of nitrogen functional groups attached to an aromatic ring is 1. The van der Waals surface area contributed by atoms with Crippen LogP contribution in [0.3, 0.4) is 0 Å². The average Bonchev–Trinajstić information content (AvgIpc) is 2.37. The van der Waals surface area contributed by atoms with Crippen molar-refractivity contribution < 1.29 is 12.8 Å². The third-order valence-corrected chi connectivity index (χ3v) is 4.79. The highest BCUT2D eigenvalue weighted by Crippen LogP contribution is 2.28. The number of hydrogen-bond donors (Lipinski definition) is 2. The van der Waals surface area contributed by atoms with Crippen molar-refractivity contribution >= 4 is 33.0 Å². The average molecular weight is 329 g/mol. The molecule has 0 saturated heterocycles. The van der Waals surface area contributed by atoms with E-state index in [4.69, 9.17) is 17.3 Å². The summed E-state index contributed by atoms with van der Waals surface area (Å²) < 4.78 is 40.7. The fourth-order valence-corrected chi connectivity index (χ4v) is 3.41. The smallest absolute Gasteiger partial charge is 0.262 e. The molecule has 0 aliphatic rings. The predicted molar refractivity (Wildman–Crippen MR) is 82.5 cm³/mol. The predicted octanol–water partition coefficient (Wildman–Crippen LogP) is 3.48. The van der Waals surface area contributed by atoms with Crippen LogP contribution in [0.15, 0.2) is 35.2 Å². The molecule has 2 aromatic carbocycles. The number of anilines is 2. The monoisotopic (exact) mass is 328 g/mol. The van der Waals surface area contributed by atoms with Gasteiger partial charge in [-0.3, -0.25) is 4.72 Å². The molecule has 0 atom stereocenters. The van der Waals surface area contributed by atoms with Crippen molar-refractivity contribution in [1.82, 2.24) is 0 Å². The zero-order valence-corrected chi connectivity index (χ0v) is 13.0. The summed E-state index contributed by atoms with van der Waals surface area (Å²) in [7, 11) is -3.95. The van der Waals surface area contributed by atoms with E-state index in [1.54, 1.807) is 19.9 Å². The van der Waals surface area contributed by atoms with Crippen molar-refractivity contribution in [3.05, 3.63) is 52.3 Å². The molecule has 0 aliphatic carbocycles. The summed E-state index contributed by atoms with van der Waals surface area (Å²) in [6, 6.07) is 6.95. The van der Waals surface area contributed by atoms with Gasteiger partial charge in [0.1, 0.15) is 5.82 Å². The van der Waals surface area contributed by atoms with Crippen molar-refractivity contribution in [1.29, 1.82) is 0 Å². The van der Waals surface area contributed by atoms with Gasteiger partial charge in [0.25, 0.3) is 10.0 Å². The van der Waals surface area contributed by atoms with Crippen LogP contribution in [0.5, 0.6) is 0 Å². The molecule has 0 radical (unpaired) electrons. The number of nitrogens with one attached hydrogen (secondary N) is 1. The molecule has 2 aromatic rings. The molecule has 0 fully saturated rings. The maximum Gasteiger partial charge on any atom is 0.262 e. The second-order valence-electron chi connectivity index (χ2n) is 4.73. The Labute approximate surface area is 127 Å². The molecule has 112 valence electrons. The van der Waals surface area contributed by atoms with E-state index in [2.05, 4.69) is 4.72 Å². The molecule has 3 N–H and O–H groups in total. The number of sulfonamides is 1. The molecule has 0 heterocycles. The van der Waals surface area contributed by atoms with Crippen LogP contribution in [-0.4, -0.2) is 8.42 Å². The molecule has 0 amide bonds. The second kappa shape index (κ2) is 5.54. The Hall–Kier alpha value is -1.79. The fourth-order valence-electron chi connectivity index (χ4n) is 1.86. The highest BCUT2D eigenvalue weighted by atomic mass is 35.5. The molecule has 0 aliphatic heterocycles. The van der Waals surface area contributed by atoms with E-state index in [9.17, 15) is 12.8 Å². The SMILES string of the molecule is Cc1ccc(NS(=O)(=O)c2cc(N)c(Cl)cc2C)c(F)c1. The number of aryl methyl sites for hydroxylation is 2. The summed E-state index contributed by atoms with van der Waals surface area (Å²) in [5.41, 5.74) is 6.78. The topological polar surface area (TPSA) is 72.2 Å². The molecule has 2 rings (SSSR count). The van der Waals surface area contributed by atoms with Gasteiger partial charge in [0.15, 0.2) is 0 Å². The quantitative estimate of drug-likeness (QED) is 0.847. The van der Waals surface area contributed by atoms with E-state index in [-0.39, 0.29) is 21.3 Å². The van der Waals surface area contributed by atoms with E-state index in [1.165, 1.54) is 24.3 Å². The minimum absolute atomic E-state index is 0.0376. The van der Waals surface area contributed by atoms with Crippen LogP contribution in [-0.2, 0) is 10.0 Å². The maximum atomic E-state index is 13.8. The lowest BCUT2D eigenvalue weighted by molar-refractivity contribution is 0.598. The number of nitrogens with two attached hydrogens (primary N) is 1. The van der Waals surface area contributed by atoms with Crippen LogP contribution < -0.4 is 10.5 Å². The third kappa shape index (κ3) is 3.28. The van der Waals surface area contributed by atoms with Gasteiger partial charge in [0.2, 0.25) is 0 Å². The molecule has 0 spiro atoms. The van der Waals surface area contributed by atoms with Gasteiger partial charge < -0.3 is 5.73 Å². The van der Waals surface area contributed by atoms with Gasteiger partial charge in [-0.2, -0.15) is 0 Å². The Kier molecular flexibility index (Phi) is 4.11. The Morgan fingerprint density at radius 1 is 1.19 bits per heavy atom. The van der Waals surface area contributed by atoms with Gasteiger partial charge in [0.05, 0.1) is 21.3 Å². The normalized spacial score (nSPS) is 11.4. The van der Waals surface area contributed by atoms with E-state index in [0.29, 0.717) is 11.1 Å². The minimum Gasteiger partial charge on any atom is -0.397 e. The Balaban J connectivity index is 2.46. The van der Waals surface area contributed by atoms with E-state index < -0.39 is 15.8 Å². The lowest BCUT2D eigenvalue weighted by atomic mass is 10.2. The summed E-state index contributed by atoms with van der Waals surface area (Å²) in [6.45, 7) is 3.30. The first-order valence-electron chi connectivity index (χ1n) is 6.05. The minimum atomic E-state index is -3.95. The first kappa shape index (κ1) is 15.6. The van der Waals surface area contributed by atoms with E-state index in [0.717, 1.165) is 0 Å². The van der Waals surface area contributed by atoms with Gasteiger partial charge in [0, 0.05) is 0 Å². The summed E-state index contributed by atoms with van der Waals surface area (Å²) in [5.74, 6) is -0.641. The lowest BCUT2D eigenvalue weighted by Gasteiger charge is -2.12. The maximum absolute atomic E-state index is 13.8. The van der Waals surface area contributed by atoms with Crippen molar-refractivity contribution in [2.24, 2.45) is 0 Å². The van der Waals surface area contributed by atoms with E-state index in [1.807, 2.05) is 0 Å². The van der Waals surface area contributed by atoms with E-state index >= 15 is 0 Å². The highest BCUT2D eigenvalue weighted by Gasteiger charge is 2.20. The van der Waals surface area contributed by atoms with Gasteiger partial charge in [-0.15, -0.1) is 0 Å². The molecule has 4 nitrogen and oxygen atoms in total. The Morgan fingerprint density at radius 3 is 2.48 bits per heavy atom. The van der Waals surface area contributed by atoms with Gasteiger partial charge >= 0.3 is 0 Å². The number of rotatable bonds is 3. The van der Waals surface area contributed by atoms with Crippen LogP contribution in [0.2, 0.25) is 5.02 Å². The van der Waals surface area contributed by atoms with Crippen molar-refractivity contribution in [2.45, 2.75) is 18.7 Å². The molecule has 7 heteroatoms. The lowest BCUT2D eigenvalue weighted by Crippen LogP contribution is -2.15. The first-order valence-corrected chi connectivity index (χ1v) is 7.91. The van der Waals surface area contributed by atoms with Crippen LogP contribution >= 0.6 is 11.6 Å². The molecular formula is C14H14ClFN2O2S. The number of hydrogen-bond acceptors (Lipinski definition) is 3. The van der Waals surface area contributed by atoms with Crippen LogP contribution in [0.1, 0.15) is 11.1 Å². The second-order valence-corrected chi connectivity index (χ2v) is 6.79. The largest absolute Gasteiger partial charge is 0.397 e. The van der Waals surface area contributed by atoms with Crippen LogP contribution in [0.25, 0.3) is 0 Å². The van der Waals surface area contributed by atoms with Crippen molar-refractivity contribution in [3.8, 4) is 0 Å². The van der Waals surface area contributed by atoms with Gasteiger partial charge in [-0.1, -0.05) is 17.7 Å². The first-order chi connectivity index (χ1) is 9.70. The summed E-state index contributed by atoms with van der Waals surface area (Å²) in [4.78, 5) is -0.0376. The van der Waals surface area contributed by atoms with Gasteiger partial charge in [-0.05, 0) is 49.2 Å². The zero-order valence-electron chi connectivity index (χ0n) is 11.4. The molecular weight excluding hydrogens is 315 g/mol. The van der Waals surface area contributed by atoms with Crippen LogP contribution in [0, 0.1) is 19.7 Å². The molecule has 0 saturated carbocycles. The Morgan fingerprint density at radius 2 is 1.86 bits per heavy atom. The van der Waals surface area contributed by atoms with Crippen LogP contribution in [0.4, 0.5) is 15.8 Å². The molecule has 0 unspecified atom stereocenters. The van der Waals surface area contributed by atoms with Gasteiger partial charge in [-0.25, -0.2) is 12.8 Å². The standard InChI is InChI=1S/C14H14ClFN2O2S/c1-8-3-4-13(11(16)5-8)18-21(19,20)14-7-12(17)10(15)6-9(14)2/h3-7,18H,17H2,1-2H3. The Bertz CT molecular complexity index is 807. The summed E-state index contributed by atoms with van der Waals surface area (Å²) in [5, 5.41) is 0.271. The fraction of sp³-hybridized carbons (Fsp3) is 0.143.